The molecular formula is C27H46O21. The van der Waals surface area contributed by atoms with Crippen molar-refractivity contribution < 1.29 is 104 Å². The third kappa shape index (κ3) is 7.81. The Hall–Kier alpha value is -0.840. The first-order valence-electron chi connectivity index (χ1n) is 15.5. The van der Waals surface area contributed by atoms with Gasteiger partial charge in [-0.25, -0.2) is 0 Å². The van der Waals surface area contributed by atoms with E-state index in [0.717, 1.165) is 0 Å². The fraction of sp³-hybridized carbons (Fsp3) is 1.00. The molecule has 0 spiro atoms. The Morgan fingerprint density at radius 3 is 1.50 bits per heavy atom. The van der Waals surface area contributed by atoms with Crippen molar-refractivity contribution in [1.82, 2.24) is 0 Å². The highest BCUT2D eigenvalue weighted by Gasteiger charge is 2.53. The van der Waals surface area contributed by atoms with Gasteiger partial charge in [-0.05, 0) is 13.8 Å². The van der Waals surface area contributed by atoms with Crippen molar-refractivity contribution in [2.24, 2.45) is 0 Å². The fourth-order valence-electron chi connectivity index (χ4n) is 6.09. The van der Waals surface area contributed by atoms with Gasteiger partial charge >= 0.3 is 0 Å². The molecular weight excluding hydrogens is 660 g/mol. The standard InChI is InChI=1S/C27H46O21/c1-6-11(31)13(33)16(36)26(43-6)47-21-10(30)4-40-23(39)22(21)48-27-17(37)14(34)19(7(2)44-27)45-25-18(38)20(9(29)5-42-25)46-24-15(35)12(32)8(28)3-41-24/h6-39H,3-5H2,1-2H3/t6-,7-,8+,9+,10+,11-,12-,13+,14-,15+,16+,17+,18+,19-,20-,21-,22+,23+,24-,25-,26-,27-/m0/s1. The van der Waals surface area contributed by atoms with Gasteiger partial charge in [-0.3, -0.25) is 0 Å². The Kier molecular flexibility index (Phi) is 12.6. The van der Waals surface area contributed by atoms with E-state index in [4.69, 9.17) is 42.6 Å². The van der Waals surface area contributed by atoms with Crippen LogP contribution in [0.2, 0.25) is 0 Å². The molecule has 5 heterocycles. The van der Waals surface area contributed by atoms with E-state index >= 15 is 0 Å². The number of ether oxygens (including phenoxy) is 9. The Balaban J connectivity index is 1.22. The lowest BCUT2D eigenvalue weighted by Gasteiger charge is -2.48. The number of hydrogen-bond acceptors (Lipinski definition) is 21. The summed E-state index contributed by atoms with van der Waals surface area (Å²) in [6.45, 7) is 1.51. The molecule has 21 nitrogen and oxygen atoms in total. The van der Waals surface area contributed by atoms with E-state index in [-0.39, 0.29) is 0 Å². The highest BCUT2D eigenvalue weighted by atomic mass is 16.8. The van der Waals surface area contributed by atoms with Crippen LogP contribution in [0.4, 0.5) is 0 Å². The molecule has 5 saturated heterocycles. The van der Waals surface area contributed by atoms with Crippen molar-refractivity contribution in [3.8, 4) is 0 Å². The molecule has 5 rings (SSSR count). The van der Waals surface area contributed by atoms with Crippen LogP contribution in [-0.4, -0.2) is 216 Å². The largest absolute Gasteiger partial charge is 0.388 e. The minimum absolute atomic E-state index is 0.402. The molecule has 5 fully saturated rings. The predicted molar refractivity (Wildman–Crippen MR) is 146 cm³/mol. The van der Waals surface area contributed by atoms with Crippen LogP contribution in [0.5, 0.6) is 0 Å². The third-order valence-electron chi connectivity index (χ3n) is 9.05. The first-order chi connectivity index (χ1) is 22.6. The highest BCUT2D eigenvalue weighted by Crippen LogP contribution is 2.33. The van der Waals surface area contributed by atoms with Gasteiger partial charge in [-0.15, -0.1) is 0 Å². The van der Waals surface area contributed by atoms with Gasteiger partial charge in [-0.2, -0.15) is 0 Å². The summed E-state index contributed by atoms with van der Waals surface area (Å²) in [7, 11) is 0. The number of aliphatic hydroxyl groups is 12. The molecule has 0 unspecified atom stereocenters. The maximum atomic E-state index is 11.0. The van der Waals surface area contributed by atoms with Crippen LogP contribution in [0.3, 0.4) is 0 Å². The van der Waals surface area contributed by atoms with Crippen LogP contribution in [0.25, 0.3) is 0 Å². The molecule has 0 bridgehead atoms. The highest BCUT2D eigenvalue weighted by molar-refractivity contribution is 4.95. The topological polar surface area (TPSA) is 326 Å². The molecule has 5 aliphatic heterocycles. The van der Waals surface area contributed by atoms with E-state index < -0.39 is 155 Å². The van der Waals surface area contributed by atoms with E-state index in [1.54, 1.807) is 0 Å². The smallest absolute Gasteiger partial charge is 0.187 e. The minimum Gasteiger partial charge on any atom is -0.388 e. The molecule has 0 aromatic rings. The van der Waals surface area contributed by atoms with Gasteiger partial charge in [-0.1, -0.05) is 0 Å². The van der Waals surface area contributed by atoms with E-state index in [1.165, 1.54) is 13.8 Å². The summed E-state index contributed by atoms with van der Waals surface area (Å²) >= 11 is 0. The quantitative estimate of drug-likeness (QED) is 0.111. The zero-order valence-corrected chi connectivity index (χ0v) is 25.9. The monoisotopic (exact) mass is 706 g/mol. The Morgan fingerprint density at radius 2 is 0.833 bits per heavy atom. The zero-order chi connectivity index (χ0) is 35.2. The molecule has 0 aliphatic carbocycles. The number of rotatable bonds is 8. The average molecular weight is 707 g/mol. The second kappa shape index (κ2) is 15.8. The van der Waals surface area contributed by atoms with Crippen LogP contribution in [0, 0.1) is 0 Å². The third-order valence-corrected chi connectivity index (χ3v) is 9.05. The van der Waals surface area contributed by atoms with Gasteiger partial charge in [0.1, 0.15) is 91.6 Å². The van der Waals surface area contributed by atoms with Gasteiger partial charge in [0.15, 0.2) is 31.5 Å². The molecule has 280 valence electrons. The fourth-order valence-corrected chi connectivity index (χ4v) is 6.09. The Bertz CT molecular complexity index is 1030. The summed E-state index contributed by atoms with van der Waals surface area (Å²) in [6, 6.07) is 0. The molecule has 12 N–H and O–H groups in total. The summed E-state index contributed by atoms with van der Waals surface area (Å²) in [4.78, 5) is 0. The summed E-state index contributed by atoms with van der Waals surface area (Å²) in [6.07, 6.45) is -34.4. The molecule has 5 aliphatic rings. The molecule has 22 atom stereocenters. The van der Waals surface area contributed by atoms with Crippen molar-refractivity contribution >= 4 is 0 Å². The molecule has 0 aromatic heterocycles. The van der Waals surface area contributed by atoms with Gasteiger partial charge in [0, 0.05) is 0 Å². The van der Waals surface area contributed by atoms with Gasteiger partial charge in [0.2, 0.25) is 0 Å². The summed E-state index contributed by atoms with van der Waals surface area (Å²) < 4.78 is 49.5. The van der Waals surface area contributed by atoms with Crippen LogP contribution in [0.15, 0.2) is 0 Å². The number of aliphatic hydroxyl groups excluding tert-OH is 12. The van der Waals surface area contributed by atoms with Crippen LogP contribution in [-0.2, 0) is 42.6 Å². The normalized spacial score (nSPS) is 55.4. The lowest BCUT2D eigenvalue weighted by atomic mass is 9.98. The van der Waals surface area contributed by atoms with Gasteiger partial charge < -0.3 is 104 Å². The summed E-state index contributed by atoms with van der Waals surface area (Å²) in [5, 5.41) is 125. The van der Waals surface area contributed by atoms with E-state index in [2.05, 4.69) is 0 Å². The first kappa shape index (κ1) is 38.4. The molecule has 0 amide bonds. The molecule has 48 heavy (non-hydrogen) atoms. The Labute approximate surface area is 273 Å². The number of hydrogen-bond donors (Lipinski definition) is 12. The first-order valence-corrected chi connectivity index (χ1v) is 15.5. The Morgan fingerprint density at radius 1 is 0.375 bits per heavy atom. The second-order valence-electron chi connectivity index (χ2n) is 12.6. The molecule has 0 saturated carbocycles. The molecule has 0 radical (unpaired) electrons. The van der Waals surface area contributed by atoms with Crippen molar-refractivity contribution in [1.29, 1.82) is 0 Å². The van der Waals surface area contributed by atoms with Crippen molar-refractivity contribution in [2.75, 3.05) is 19.8 Å². The van der Waals surface area contributed by atoms with Crippen LogP contribution in [0.1, 0.15) is 13.8 Å². The van der Waals surface area contributed by atoms with E-state index in [1.807, 2.05) is 0 Å². The summed E-state index contributed by atoms with van der Waals surface area (Å²) in [5.41, 5.74) is 0. The van der Waals surface area contributed by atoms with Crippen molar-refractivity contribution in [3.63, 3.8) is 0 Å². The predicted octanol–water partition coefficient (Wildman–Crippen LogP) is -7.95. The zero-order valence-electron chi connectivity index (χ0n) is 25.9. The average Bonchev–Trinajstić information content (AvgIpc) is 3.05. The summed E-state index contributed by atoms with van der Waals surface area (Å²) in [5.74, 6) is 0. The lowest BCUT2D eigenvalue weighted by Crippen LogP contribution is -2.65. The minimum atomic E-state index is -1.90. The molecule has 0 aromatic carbocycles. The van der Waals surface area contributed by atoms with Crippen LogP contribution >= 0.6 is 0 Å². The SMILES string of the molecule is C[C@@H]1O[C@@H](O[C@@H]2[C@@H](O[C@@H]3O[C@@H](C)[C@H](O[C@@H]4OC[C@@H](O)[C@H](O[C@@H]5OC[C@@H](O)[C@H](O)[C@H]5O)[C@H]4O)[C@@H](O)[C@H]3O)[C@H](O)OC[C@H]2O)[C@H](O)[C@H](O)[C@H]1O. The van der Waals surface area contributed by atoms with E-state index in [0.29, 0.717) is 0 Å². The maximum absolute atomic E-state index is 11.0. The van der Waals surface area contributed by atoms with Gasteiger partial charge in [0.05, 0.1) is 32.0 Å². The maximum Gasteiger partial charge on any atom is 0.187 e. The van der Waals surface area contributed by atoms with Crippen molar-refractivity contribution in [2.45, 2.75) is 149 Å². The van der Waals surface area contributed by atoms with Crippen molar-refractivity contribution in [3.05, 3.63) is 0 Å². The van der Waals surface area contributed by atoms with Crippen LogP contribution < -0.4 is 0 Å². The van der Waals surface area contributed by atoms with Gasteiger partial charge in [0.25, 0.3) is 0 Å². The van der Waals surface area contributed by atoms with E-state index in [9.17, 15) is 61.3 Å². The lowest BCUT2D eigenvalue weighted by molar-refractivity contribution is -0.386. The molecule has 21 heteroatoms. The second-order valence-corrected chi connectivity index (χ2v) is 12.6.